The Morgan fingerprint density at radius 3 is 2.43 bits per heavy atom. The molecule has 4 nitrogen and oxygen atoms in total. The molecule has 0 aromatic heterocycles. The average Bonchev–Trinajstić information content (AvgIpc) is 2.99. The van der Waals surface area contributed by atoms with Crippen molar-refractivity contribution in [1.82, 2.24) is 10.9 Å². The molecule has 0 heterocycles. The highest BCUT2D eigenvalue weighted by Gasteiger charge is 2.60. The molecule has 1 fully saturated rings. The highest BCUT2D eigenvalue weighted by Crippen LogP contribution is 2.59. The number of hydrazine groups is 1. The fourth-order valence-electron chi connectivity index (χ4n) is 2.52. The molecule has 2 unspecified atom stereocenters. The van der Waals surface area contributed by atoms with Gasteiger partial charge < -0.3 is 5.32 Å². The van der Waals surface area contributed by atoms with Crippen LogP contribution >= 0.6 is 35.4 Å². The van der Waals surface area contributed by atoms with E-state index in [0.717, 1.165) is 0 Å². The third-order valence-electron chi connectivity index (χ3n) is 3.90. The van der Waals surface area contributed by atoms with Crippen LogP contribution in [0, 0.1) is 23.1 Å². The maximum absolute atomic E-state index is 12.8. The summed E-state index contributed by atoms with van der Waals surface area (Å²) in [7, 11) is 0. The van der Waals surface area contributed by atoms with E-state index in [1.165, 1.54) is 12.1 Å². The monoisotopic (exact) mass is 375 g/mol. The van der Waals surface area contributed by atoms with Crippen molar-refractivity contribution in [1.29, 1.82) is 0 Å². The molecule has 1 aliphatic carbocycles. The largest absolute Gasteiger partial charge is 0.331 e. The number of allylic oxidation sites excluding steroid dienone is 1. The lowest BCUT2D eigenvalue weighted by Crippen LogP contribution is -2.45. The lowest BCUT2D eigenvalue weighted by Gasteiger charge is -2.12. The number of hydrogen-bond donors (Lipinski definition) is 3. The van der Waals surface area contributed by atoms with E-state index in [9.17, 15) is 9.18 Å². The molecule has 0 aliphatic heterocycles. The standard InChI is InChI=1S/C15H16Cl2FN3OS/c1-15(2)10(7-11(16)17)12(15)13(22)20-21-14(23)19-9-5-3-8(18)4-6-9/h3-7,10,12H,1-2H3,(H,20,22)(H2,19,21,23). The van der Waals surface area contributed by atoms with Crippen LogP contribution in [0.2, 0.25) is 0 Å². The number of thiocarbonyl (C=S) groups is 1. The Morgan fingerprint density at radius 2 is 1.87 bits per heavy atom. The molecule has 8 heteroatoms. The number of halogens is 3. The maximum atomic E-state index is 12.8. The molecule has 1 saturated carbocycles. The molecule has 1 amide bonds. The highest BCUT2D eigenvalue weighted by molar-refractivity contribution is 7.80. The van der Waals surface area contributed by atoms with Gasteiger partial charge in [-0.2, -0.15) is 0 Å². The molecule has 124 valence electrons. The molecule has 0 bridgehead atoms. The molecule has 0 radical (unpaired) electrons. The predicted octanol–water partition coefficient (Wildman–Crippen LogP) is 3.73. The van der Waals surface area contributed by atoms with Crippen LogP contribution in [0.3, 0.4) is 0 Å². The van der Waals surface area contributed by atoms with E-state index < -0.39 is 0 Å². The minimum Gasteiger partial charge on any atom is -0.331 e. The fraction of sp³-hybridized carbons (Fsp3) is 0.333. The fourth-order valence-corrected chi connectivity index (χ4v) is 2.96. The number of nitrogens with one attached hydrogen (secondary N) is 3. The first-order valence-corrected chi connectivity index (χ1v) is 8.03. The van der Waals surface area contributed by atoms with E-state index in [2.05, 4.69) is 16.2 Å². The number of benzene rings is 1. The smallest absolute Gasteiger partial charge is 0.242 e. The molecule has 1 aromatic carbocycles. The minimum atomic E-state index is -0.337. The van der Waals surface area contributed by atoms with Gasteiger partial charge in [-0.1, -0.05) is 37.0 Å². The van der Waals surface area contributed by atoms with Crippen LogP contribution in [0.4, 0.5) is 10.1 Å². The summed E-state index contributed by atoms with van der Waals surface area (Å²) >= 11 is 16.4. The van der Waals surface area contributed by atoms with Crippen molar-refractivity contribution in [2.24, 2.45) is 17.3 Å². The van der Waals surface area contributed by atoms with Gasteiger partial charge in [0, 0.05) is 5.69 Å². The van der Waals surface area contributed by atoms with E-state index in [0.29, 0.717) is 5.69 Å². The first kappa shape index (κ1) is 18.0. The van der Waals surface area contributed by atoms with Crippen molar-refractivity contribution in [3.8, 4) is 0 Å². The topological polar surface area (TPSA) is 53.2 Å². The summed E-state index contributed by atoms with van der Waals surface area (Å²) < 4.78 is 13.0. The zero-order chi connectivity index (χ0) is 17.2. The number of carbonyl (C=O) groups is 1. The lowest BCUT2D eigenvalue weighted by molar-refractivity contribution is -0.123. The van der Waals surface area contributed by atoms with Crippen LogP contribution in [0.5, 0.6) is 0 Å². The van der Waals surface area contributed by atoms with Crippen LogP contribution in [-0.4, -0.2) is 11.0 Å². The van der Waals surface area contributed by atoms with Crippen LogP contribution < -0.4 is 16.2 Å². The Labute approximate surface area is 149 Å². The van der Waals surface area contributed by atoms with Gasteiger partial charge in [0.15, 0.2) is 5.11 Å². The summed E-state index contributed by atoms with van der Waals surface area (Å²) in [6.45, 7) is 3.93. The molecule has 0 spiro atoms. The van der Waals surface area contributed by atoms with Crippen LogP contribution in [-0.2, 0) is 4.79 Å². The Balaban J connectivity index is 1.84. The second-order valence-corrected chi connectivity index (χ2v) is 7.27. The van der Waals surface area contributed by atoms with Gasteiger partial charge in [0.25, 0.3) is 0 Å². The second-order valence-electron chi connectivity index (χ2n) is 5.86. The highest BCUT2D eigenvalue weighted by atomic mass is 35.5. The van der Waals surface area contributed by atoms with Crippen molar-refractivity contribution in [2.75, 3.05) is 5.32 Å². The van der Waals surface area contributed by atoms with Gasteiger partial charge in [-0.3, -0.25) is 15.6 Å². The molecule has 0 saturated heterocycles. The van der Waals surface area contributed by atoms with Gasteiger partial charge in [-0.05, 0) is 53.9 Å². The van der Waals surface area contributed by atoms with Crippen LogP contribution in [0.1, 0.15) is 13.8 Å². The third kappa shape index (κ3) is 4.56. The maximum Gasteiger partial charge on any atom is 0.242 e. The van der Waals surface area contributed by atoms with Gasteiger partial charge in [-0.25, -0.2) is 4.39 Å². The van der Waals surface area contributed by atoms with Crippen molar-refractivity contribution in [3.63, 3.8) is 0 Å². The number of carbonyl (C=O) groups excluding carboxylic acids is 1. The van der Waals surface area contributed by atoms with E-state index >= 15 is 0 Å². The van der Waals surface area contributed by atoms with Gasteiger partial charge >= 0.3 is 0 Å². The third-order valence-corrected chi connectivity index (χ3v) is 4.36. The van der Waals surface area contributed by atoms with Gasteiger partial charge in [0.05, 0.1) is 5.92 Å². The SMILES string of the molecule is CC1(C)C(C=C(Cl)Cl)C1C(=O)NNC(=S)Nc1ccc(F)cc1. The van der Waals surface area contributed by atoms with Gasteiger partial charge in [0.2, 0.25) is 5.91 Å². The summed E-state index contributed by atoms with van der Waals surface area (Å²) in [5.41, 5.74) is 5.57. The molecular formula is C15H16Cl2FN3OS. The zero-order valence-electron chi connectivity index (χ0n) is 12.5. The van der Waals surface area contributed by atoms with Crippen LogP contribution in [0.25, 0.3) is 0 Å². The van der Waals surface area contributed by atoms with Gasteiger partial charge in [0.1, 0.15) is 10.3 Å². The molecule has 2 rings (SSSR count). The van der Waals surface area contributed by atoms with Gasteiger partial charge in [-0.15, -0.1) is 0 Å². The van der Waals surface area contributed by atoms with Crippen molar-refractivity contribution < 1.29 is 9.18 Å². The van der Waals surface area contributed by atoms with Crippen molar-refractivity contribution in [2.45, 2.75) is 13.8 Å². The molecule has 2 atom stereocenters. The Bertz CT molecular complexity index is 645. The summed E-state index contributed by atoms with van der Waals surface area (Å²) in [5, 5.41) is 3.03. The Morgan fingerprint density at radius 1 is 1.26 bits per heavy atom. The van der Waals surface area contributed by atoms with E-state index in [1.54, 1.807) is 18.2 Å². The normalized spacial score (nSPS) is 21.1. The predicted molar refractivity (Wildman–Crippen MR) is 94.4 cm³/mol. The zero-order valence-corrected chi connectivity index (χ0v) is 14.8. The molecule has 1 aliphatic rings. The average molecular weight is 376 g/mol. The lowest BCUT2D eigenvalue weighted by atomic mass is 10.1. The van der Waals surface area contributed by atoms with Crippen LogP contribution in [0.15, 0.2) is 34.8 Å². The molecule has 3 N–H and O–H groups in total. The van der Waals surface area contributed by atoms with Crippen molar-refractivity contribution >= 4 is 52.1 Å². The molecule has 1 aromatic rings. The molecular weight excluding hydrogens is 360 g/mol. The van der Waals surface area contributed by atoms with E-state index in [-0.39, 0.29) is 38.6 Å². The quantitative estimate of drug-likeness (QED) is 0.556. The molecule has 23 heavy (non-hydrogen) atoms. The Kier molecular flexibility index (Phi) is 5.49. The second kappa shape index (κ2) is 7.03. The summed E-state index contributed by atoms with van der Waals surface area (Å²) in [6, 6.07) is 5.70. The Hall–Kier alpha value is -1.37. The summed E-state index contributed by atoms with van der Waals surface area (Å²) in [5.74, 6) is -0.797. The first-order chi connectivity index (χ1) is 10.7. The number of amides is 1. The number of rotatable bonds is 3. The van der Waals surface area contributed by atoms with E-state index in [1.807, 2.05) is 13.8 Å². The summed E-state index contributed by atoms with van der Waals surface area (Å²) in [4.78, 5) is 12.2. The first-order valence-electron chi connectivity index (χ1n) is 6.87. The number of hydrogen-bond acceptors (Lipinski definition) is 2. The van der Waals surface area contributed by atoms with Crippen molar-refractivity contribution in [3.05, 3.63) is 40.7 Å². The number of anilines is 1. The summed E-state index contributed by atoms with van der Waals surface area (Å²) in [6.07, 6.45) is 1.67. The minimum absolute atomic E-state index is 0.0204. The van der Waals surface area contributed by atoms with E-state index in [4.69, 9.17) is 35.4 Å².